The monoisotopic (exact) mass is 362 g/mol. The van der Waals surface area contributed by atoms with Gasteiger partial charge >= 0.3 is 0 Å². The second-order valence-corrected chi connectivity index (χ2v) is 7.01. The Morgan fingerprint density at radius 3 is 2.83 bits per heavy atom. The van der Waals surface area contributed by atoms with Gasteiger partial charge in [0, 0.05) is 11.4 Å². The summed E-state index contributed by atoms with van der Waals surface area (Å²) in [6.07, 6.45) is 2.81. The van der Waals surface area contributed by atoms with Crippen LogP contribution in [0, 0.1) is 5.82 Å². The van der Waals surface area contributed by atoms with Crippen molar-refractivity contribution >= 4 is 44.7 Å². The lowest BCUT2D eigenvalue weighted by atomic mass is 10.2. The van der Waals surface area contributed by atoms with Crippen molar-refractivity contribution in [2.75, 3.05) is 5.32 Å². The molecule has 0 saturated heterocycles. The molecular formula is C18H16ClFN2OS. The summed E-state index contributed by atoms with van der Waals surface area (Å²) in [5, 5.41) is 3.96. The van der Waals surface area contributed by atoms with Crippen molar-refractivity contribution in [1.82, 2.24) is 4.98 Å². The van der Waals surface area contributed by atoms with Crippen LogP contribution < -0.4 is 5.32 Å². The fraction of sp³-hybridized carbons (Fsp3) is 0.222. The highest BCUT2D eigenvalue weighted by Crippen LogP contribution is 2.23. The Balaban J connectivity index is 1.45. The van der Waals surface area contributed by atoms with Gasteiger partial charge in [0.15, 0.2) is 0 Å². The highest BCUT2D eigenvalue weighted by Gasteiger charge is 2.08. The zero-order chi connectivity index (χ0) is 16.9. The molecule has 0 saturated carbocycles. The largest absolute Gasteiger partial charge is 0.324 e. The minimum absolute atomic E-state index is 0.163. The predicted octanol–water partition coefficient (Wildman–Crippen LogP) is 5.44. The molecule has 0 fully saturated rings. The molecule has 1 N–H and O–H groups in total. The average Bonchev–Trinajstić information content (AvgIpc) is 2.97. The lowest BCUT2D eigenvalue weighted by molar-refractivity contribution is -0.116. The second-order valence-electron chi connectivity index (χ2n) is 5.45. The topological polar surface area (TPSA) is 42.0 Å². The molecule has 2 aromatic carbocycles. The minimum atomic E-state index is -0.523. The van der Waals surface area contributed by atoms with E-state index in [2.05, 4.69) is 16.4 Å². The number of aromatic nitrogens is 1. The Labute approximate surface area is 148 Å². The Morgan fingerprint density at radius 2 is 2.04 bits per heavy atom. The zero-order valence-corrected chi connectivity index (χ0v) is 14.5. The van der Waals surface area contributed by atoms with Crippen molar-refractivity contribution in [3.8, 4) is 0 Å². The average molecular weight is 363 g/mol. The van der Waals surface area contributed by atoms with Crippen molar-refractivity contribution in [1.29, 1.82) is 0 Å². The molecule has 0 aliphatic carbocycles. The molecule has 0 bridgehead atoms. The van der Waals surface area contributed by atoms with Crippen LogP contribution in [0.1, 0.15) is 24.3 Å². The number of carbonyl (C=O) groups excluding carboxylic acids is 1. The summed E-state index contributed by atoms with van der Waals surface area (Å²) in [6, 6.07) is 12.2. The van der Waals surface area contributed by atoms with Gasteiger partial charge in [0.1, 0.15) is 5.82 Å². The lowest BCUT2D eigenvalue weighted by Crippen LogP contribution is -2.12. The van der Waals surface area contributed by atoms with Crippen LogP contribution in [0.15, 0.2) is 42.5 Å². The number of hydrogen-bond acceptors (Lipinski definition) is 3. The van der Waals surface area contributed by atoms with E-state index in [0.29, 0.717) is 11.4 Å². The third kappa shape index (κ3) is 4.30. The number of nitrogens with zero attached hydrogens (tertiary/aromatic N) is 1. The molecule has 1 amide bonds. The summed E-state index contributed by atoms with van der Waals surface area (Å²) in [7, 11) is 0. The van der Waals surface area contributed by atoms with Crippen molar-refractivity contribution in [2.45, 2.75) is 25.7 Å². The molecule has 1 aromatic heterocycles. The van der Waals surface area contributed by atoms with Gasteiger partial charge < -0.3 is 5.32 Å². The number of benzene rings is 2. The van der Waals surface area contributed by atoms with Crippen LogP contribution in [0.4, 0.5) is 10.1 Å². The standard InChI is InChI=1S/C18H16ClFN2OS/c19-12-9-10-14(13(20)11-12)21-17(23)7-3-4-8-18-22-15-5-1-2-6-16(15)24-18/h1-2,5-6,9-11H,3-4,7-8H2,(H,21,23). The third-order valence-electron chi connectivity index (χ3n) is 3.59. The molecule has 124 valence electrons. The number of nitrogens with one attached hydrogen (secondary N) is 1. The molecule has 6 heteroatoms. The Morgan fingerprint density at radius 1 is 1.21 bits per heavy atom. The highest BCUT2D eigenvalue weighted by atomic mass is 35.5. The van der Waals surface area contributed by atoms with E-state index >= 15 is 0 Å². The van der Waals surface area contributed by atoms with E-state index < -0.39 is 5.82 Å². The quantitative estimate of drug-likeness (QED) is 0.593. The maximum absolute atomic E-state index is 13.6. The fourth-order valence-electron chi connectivity index (χ4n) is 2.39. The maximum atomic E-state index is 13.6. The molecule has 0 unspecified atom stereocenters. The van der Waals surface area contributed by atoms with Gasteiger partial charge in [-0.3, -0.25) is 4.79 Å². The van der Waals surface area contributed by atoms with E-state index in [1.807, 2.05) is 18.2 Å². The highest BCUT2D eigenvalue weighted by molar-refractivity contribution is 7.18. The van der Waals surface area contributed by atoms with Crippen molar-refractivity contribution in [3.63, 3.8) is 0 Å². The van der Waals surface area contributed by atoms with E-state index in [-0.39, 0.29) is 11.6 Å². The van der Waals surface area contributed by atoms with Gasteiger partial charge in [0.05, 0.1) is 20.9 Å². The summed E-state index contributed by atoms with van der Waals surface area (Å²) < 4.78 is 14.8. The molecule has 0 radical (unpaired) electrons. The Hall–Kier alpha value is -1.98. The molecule has 1 heterocycles. The smallest absolute Gasteiger partial charge is 0.224 e. The zero-order valence-electron chi connectivity index (χ0n) is 12.9. The number of para-hydroxylation sites is 1. The summed E-state index contributed by atoms with van der Waals surface area (Å²) in [5.74, 6) is -0.717. The predicted molar refractivity (Wildman–Crippen MR) is 97.2 cm³/mol. The van der Waals surface area contributed by atoms with E-state index in [0.717, 1.165) is 29.8 Å². The number of anilines is 1. The van der Waals surface area contributed by atoms with Crippen LogP contribution in [-0.4, -0.2) is 10.9 Å². The molecule has 0 aliphatic rings. The van der Waals surface area contributed by atoms with E-state index in [4.69, 9.17) is 11.6 Å². The first-order valence-corrected chi connectivity index (χ1v) is 8.90. The first-order valence-electron chi connectivity index (χ1n) is 7.71. The van der Waals surface area contributed by atoms with Crippen LogP contribution in [0.3, 0.4) is 0 Å². The number of fused-ring (bicyclic) bond motifs is 1. The van der Waals surface area contributed by atoms with Crippen LogP contribution in [0.25, 0.3) is 10.2 Å². The summed E-state index contributed by atoms with van der Waals surface area (Å²) >= 11 is 7.37. The van der Waals surface area contributed by atoms with Gasteiger partial charge in [0.25, 0.3) is 0 Å². The number of unbranched alkanes of at least 4 members (excludes halogenated alkanes) is 1. The lowest BCUT2D eigenvalue weighted by Gasteiger charge is -2.06. The Kier molecular flexibility index (Phi) is 5.43. The maximum Gasteiger partial charge on any atom is 0.224 e. The van der Waals surface area contributed by atoms with Crippen molar-refractivity contribution < 1.29 is 9.18 Å². The molecular weight excluding hydrogens is 347 g/mol. The first-order chi connectivity index (χ1) is 11.6. The molecule has 3 aromatic rings. The SMILES string of the molecule is O=C(CCCCc1nc2ccccc2s1)Nc1ccc(Cl)cc1F. The molecule has 0 spiro atoms. The molecule has 3 rings (SSSR count). The van der Waals surface area contributed by atoms with Gasteiger partial charge in [0.2, 0.25) is 5.91 Å². The minimum Gasteiger partial charge on any atom is -0.324 e. The summed E-state index contributed by atoms with van der Waals surface area (Å²) in [5.41, 5.74) is 1.18. The van der Waals surface area contributed by atoms with E-state index in [9.17, 15) is 9.18 Å². The number of amides is 1. The third-order valence-corrected chi connectivity index (χ3v) is 4.92. The van der Waals surface area contributed by atoms with Crippen LogP contribution >= 0.6 is 22.9 Å². The molecule has 3 nitrogen and oxygen atoms in total. The van der Waals surface area contributed by atoms with Crippen LogP contribution in [0.5, 0.6) is 0 Å². The normalized spacial score (nSPS) is 10.9. The summed E-state index contributed by atoms with van der Waals surface area (Å²) in [4.78, 5) is 16.5. The number of thiazole rings is 1. The van der Waals surface area contributed by atoms with Gasteiger partial charge in [-0.2, -0.15) is 0 Å². The van der Waals surface area contributed by atoms with Gasteiger partial charge in [-0.25, -0.2) is 9.37 Å². The van der Waals surface area contributed by atoms with Gasteiger partial charge in [-0.15, -0.1) is 11.3 Å². The summed E-state index contributed by atoms with van der Waals surface area (Å²) in [6.45, 7) is 0. The molecule has 24 heavy (non-hydrogen) atoms. The van der Waals surface area contributed by atoms with Crippen LogP contribution in [-0.2, 0) is 11.2 Å². The van der Waals surface area contributed by atoms with Crippen LogP contribution in [0.2, 0.25) is 5.02 Å². The van der Waals surface area contributed by atoms with Crippen molar-refractivity contribution in [2.24, 2.45) is 0 Å². The van der Waals surface area contributed by atoms with E-state index in [1.165, 1.54) is 16.8 Å². The van der Waals surface area contributed by atoms with E-state index in [1.54, 1.807) is 17.4 Å². The molecule has 0 atom stereocenters. The fourth-order valence-corrected chi connectivity index (χ4v) is 3.56. The second kappa shape index (κ2) is 7.73. The van der Waals surface area contributed by atoms with Gasteiger partial charge in [-0.1, -0.05) is 23.7 Å². The number of hydrogen-bond donors (Lipinski definition) is 1. The number of aryl methyl sites for hydroxylation is 1. The number of halogens is 2. The first kappa shape index (κ1) is 16.9. The number of rotatable bonds is 6. The van der Waals surface area contributed by atoms with Crippen molar-refractivity contribution in [3.05, 3.63) is 58.3 Å². The molecule has 0 aliphatic heterocycles. The number of carbonyl (C=O) groups is 1. The van der Waals surface area contributed by atoms with Gasteiger partial charge in [-0.05, 0) is 49.6 Å². The Bertz CT molecular complexity index is 832.